The SMILES string of the molecule is C=CC[C@H]1CC[C@@H](c2ccc(Cl)cc2)N(CC(C)O)C1=O.CC.Cc1cccc(Cl)c1. The number of β-amino-alcohol motifs (C(OH)–C–C–N with tert-alkyl or cyclic N) is 1. The summed E-state index contributed by atoms with van der Waals surface area (Å²) < 4.78 is 0. The summed E-state index contributed by atoms with van der Waals surface area (Å²) in [4.78, 5) is 14.5. The minimum atomic E-state index is -0.536. The molecular weight excluding hydrogens is 429 g/mol. The number of aryl methyl sites for hydroxylation is 1. The highest BCUT2D eigenvalue weighted by atomic mass is 35.5. The van der Waals surface area contributed by atoms with Gasteiger partial charge in [0.1, 0.15) is 0 Å². The van der Waals surface area contributed by atoms with Crippen molar-refractivity contribution in [2.24, 2.45) is 5.92 Å². The van der Waals surface area contributed by atoms with Gasteiger partial charge in [-0.2, -0.15) is 0 Å². The number of piperidine rings is 1. The number of halogens is 2. The molecule has 3 nitrogen and oxygen atoms in total. The quantitative estimate of drug-likeness (QED) is 0.474. The largest absolute Gasteiger partial charge is 0.392 e. The molecule has 0 aromatic heterocycles. The molecule has 170 valence electrons. The van der Waals surface area contributed by atoms with Gasteiger partial charge in [0, 0.05) is 22.5 Å². The molecule has 3 atom stereocenters. The summed E-state index contributed by atoms with van der Waals surface area (Å²) in [5, 5.41) is 11.2. The average Bonchev–Trinajstić information content (AvgIpc) is 2.73. The number of rotatable bonds is 5. The van der Waals surface area contributed by atoms with Crippen LogP contribution in [0.15, 0.2) is 61.2 Å². The minimum absolute atomic E-state index is 0.00944. The molecule has 0 aliphatic carbocycles. The Morgan fingerprint density at radius 3 is 2.26 bits per heavy atom. The van der Waals surface area contributed by atoms with E-state index in [9.17, 15) is 9.90 Å². The van der Waals surface area contributed by atoms with Gasteiger partial charge in [0.25, 0.3) is 0 Å². The van der Waals surface area contributed by atoms with E-state index >= 15 is 0 Å². The van der Waals surface area contributed by atoms with Crippen LogP contribution in [0.4, 0.5) is 0 Å². The van der Waals surface area contributed by atoms with Gasteiger partial charge in [0.2, 0.25) is 5.91 Å². The topological polar surface area (TPSA) is 40.5 Å². The number of allylic oxidation sites excluding steroid dienone is 1. The first-order valence-electron chi connectivity index (χ1n) is 10.9. The van der Waals surface area contributed by atoms with Crippen molar-refractivity contribution in [1.29, 1.82) is 0 Å². The smallest absolute Gasteiger partial charge is 0.226 e. The van der Waals surface area contributed by atoms with Crippen LogP contribution in [-0.2, 0) is 4.79 Å². The third-order valence-electron chi connectivity index (χ3n) is 4.94. The lowest BCUT2D eigenvalue weighted by Crippen LogP contribution is -2.46. The van der Waals surface area contributed by atoms with Gasteiger partial charge >= 0.3 is 0 Å². The molecule has 1 amide bonds. The lowest BCUT2D eigenvalue weighted by molar-refractivity contribution is -0.143. The first kappa shape index (κ1) is 27.2. The molecule has 1 N–H and O–H groups in total. The number of likely N-dealkylation sites (tertiary alicyclic amines) is 1. The minimum Gasteiger partial charge on any atom is -0.392 e. The highest BCUT2D eigenvalue weighted by Gasteiger charge is 2.35. The summed E-state index contributed by atoms with van der Waals surface area (Å²) in [6, 6.07) is 15.4. The van der Waals surface area contributed by atoms with Crippen molar-refractivity contribution in [1.82, 2.24) is 4.90 Å². The lowest BCUT2D eigenvalue weighted by Gasteiger charge is -2.40. The Bertz CT molecular complexity index is 788. The first-order chi connectivity index (χ1) is 14.8. The number of aliphatic hydroxyl groups is 1. The summed E-state index contributed by atoms with van der Waals surface area (Å²) in [6.45, 7) is 11.8. The highest BCUT2D eigenvalue weighted by molar-refractivity contribution is 6.30. The van der Waals surface area contributed by atoms with Crippen LogP contribution in [0.25, 0.3) is 0 Å². The van der Waals surface area contributed by atoms with Crippen LogP contribution in [0, 0.1) is 12.8 Å². The van der Waals surface area contributed by atoms with E-state index in [1.54, 1.807) is 13.0 Å². The molecule has 31 heavy (non-hydrogen) atoms. The zero-order valence-corrected chi connectivity index (χ0v) is 20.5. The molecule has 0 radical (unpaired) electrons. The highest BCUT2D eigenvalue weighted by Crippen LogP contribution is 2.36. The predicted octanol–water partition coefficient (Wildman–Crippen LogP) is 7.25. The Labute approximate surface area is 197 Å². The van der Waals surface area contributed by atoms with Crippen molar-refractivity contribution in [3.05, 3.63) is 82.4 Å². The van der Waals surface area contributed by atoms with Gasteiger partial charge in [0.15, 0.2) is 0 Å². The molecule has 2 aromatic carbocycles. The van der Waals surface area contributed by atoms with E-state index in [4.69, 9.17) is 23.2 Å². The second-order valence-corrected chi connectivity index (χ2v) is 8.38. The molecule has 1 heterocycles. The number of hydrogen-bond acceptors (Lipinski definition) is 2. The maximum atomic E-state index is 12.6. The normalized spacial score (nSPS) is 18.8. The zero-order chi connectivity index (χ0) is 23.4. The Morgan fingerprint density at radius 1 is 1.13 bits per heavy atom. The fraction of sp³-hybridized carbons (Fsp3) is 0.423. The molecule has 5 heteroatoms. The number of aliphatic hydroxyl groups excluding tert-OH is 1. The van der Waals surface area contributed by atoms with E-state index in [1.165, 1.54) is 5.56 Å². The summed E-state index contributed by atoms with van der Waals surface area (Å²) in [5.74, 6) is 0.104. The molecular formula is C26H35Cl2NO2. The molecule has 1 fully saturated rings. The number of hydrogen-bond donors (Lipinski definition) is 1. The molecule has 1 unspecified atom stereocenters. The van der Waals surface area contributed by atoms with Crippen molar-refractivity contribution in [2.45, 2.75) is 59.1 Å². The maximum Gasteiger partial charge on any atom is 0.226 e. The van der Waals surface area contributed by atoms with Crippen LogP contribution >= 0.6 is 23.2 Å². The van der Waals surface area contributed by atoms with Crippen molar-refractivity contribution in [2.75, 3.05) is 6.54 Å². The second-order valence-electron chi connectivity index (χ2n) is 7.50. The lowest BCUT2D eigenvalue weighted by atomic mass is 9.86. The third-order valence-corrected chi connectivity index (χ3v) is 5.43. The fourth-order valence-electron chi connectivity index (χ4n) is 3.59. The van der Waals surface area contributed by atoms with E-state index in [-0.39, 0.29) is 17.9 Å². The van der Waals surface area contributed by atoms with Gasteiger partial charge in [-0.3, -0.25) is 4.79 Å². The van der Waals surface area contributed by atoms with Crippen LogP contribution < -0.4 is 0 Å². The number of carbonyl (C=O) groups is 1. The molecule has 1 saturated heterocycles. The number of nitrogens with zero attached hydrogens (tertiary/aromatic N) is 1. The number of carbonyl (C=O) groups excluding carboxylic acids is 1. The molecule has 1 aliphatic heterocycles. The summed E-state index contributed by atoms with van der Waals surface area (Å²) in [7, 11) is 0. The zero-order valence-electron chi connectivity index (χ0n) is 19.0. The van der Waals surface area contributed by atoms with Gasteiger partial charge in [0.05, 0.1) is 12.1 Å². The van der Waals surface area contributed by atoms with Crippen molar-refractivity contribution in [3.8, 4) is 0 Å². The molecule has 2 aromatic rings. The predicted molar refractivity (Wildman–Crippen MR) is 133 cm³/mol. The monoisotopic (exact) mass is 463 g/mol. The van der Waals surface area contributed by atoms with Crippen LogP contribution in [0.2, 0.25) is 10.0 Å². The molecule has 1 aliphatic rings. The van der Waals surface area contributed by atoms with Crippen LogP contribution in [0.1, 0.15) is 57.2 Å². The Hall–Kier alpha value is -1.81. The molecule has 3 rings (SSSR count). The number of amides is 1. The summed E-state index contributed by atoms with van der Waals surface area (Å²) in [6.07, 6.45) is 3.72. The van der Waals surface area contributed by atoms with Gasteiger partial charge < -0.3 is 10.0 Å². The first-order valence-corrected chi connectivity index (χ1v) is 11.6. The Morgan fingerprint density at radius 2 is 1.77 bits per heavy atom. The van der Waals surface area contributed by atoms with Crippen LogP contribution in [0.3, 0.4) is 0 Å². The van der Waals surface area contributed by atoms with E-state index in [0.29, 0.717) is 18.0 Å². The number of benzene rings is 2. The van der Waals surface area contributed by atoms with Gasteiger partial charge in [-0.25, -0.2) is 0 Å². The van der Waals surface area contributed by atoms with Crippen molar-refractivity contribution in [3.63, 3.8) is 0 Å². The summed E-state index contributed by atoms with van der Waals surface area (Å²) >= 11 is 11.6. The van der Waals surface area contributed by atoms with Gasteiger partial charge in [-0.05, 0) is 68.5 Å². The average molecular weight is 464 g/mol. The molecule has 0 spiro atoms. The van der Waals surface area contributed by atoms with Gasteiger partial charge in [-0.15, -0.1) is 6.58 Å². The Balaban J connectivity index is 0.000000400. The van der Waals surface area contributed by atoms with E-state index in [0.717, 1.165) is 23.4 Å². The second kappa shape index (κ2) is 14.3. The maximum absolute atomic E-state index is 12.6. The van der Waals surface area contributed by atoms with Crippen molar-refractivity contribution < 1.29 is 9.90 Å². The fourth-order valence-corrected chi connectivity index (χ4v) is 3.96. The summed E-state index contributed by atoms with van der Waals surface area (Å²) in [5.41, 5.74) is 2.28. The van der Waals surface area contributed by atoms with Gasteiger partial charge in [-0.1, -0.05) is 67.4 Å². The van der Waals surface area contributed by atoms with Crippen LogP contribution in [-0.4, -0.2) is 28.6 Å². The standard InChI is InChI=1S/C17H22ClNO2.C7H7Cl.C2H6/c1-3-4-14-7-10-16(13-5-8-15(18)9-6-13)19(17(14)21)11-12(2)20;1-6-3-2-4-7(8)5-6;1-2/h3,5-6,8-9,12,14,16,20H,1,4,7,10-11H2,2H3;2-5H,1H3;1-2H3/t12?,14-,16-;;/m0../s1. The third kappa shape index (κ3) is 9.06. The van der Waals surface area contributed by atoms with Crippen molar-refractivity contribution >= 4 is 29.1 Å². The van der Waals surface area contributed by atoms with E-state index in [2.05, 4.69) is 6.58 Å². The Kier molecular flexibility index (Phi) is 12.5. The van der Waals surface area contributed by atoms with E-state index in [1.807, 2.05) is 74.2 Å². The molecule has 0 saturated carbocycles. The molecule has 0 bridgehead atoms. The van der Waals surface area contributed by atoms with Crippen LogP contribution in [0.5, 0.6) is 0 Å². The van der Waals surface area contributed by atoms with E-state index < -0.39 is 6.10 Å².